The summed E-state index contributed by atoms with van der Waals surface area (Å²) in [5.74, 6) is 1.54. The molecule has 12 rings (SSSR count). The zero-order valence-corrected chi connectivity index (χ0v) is 31.0. The van der Waals surface area contributed by atoms with Crippen molar-refractivity contribution in [2.75, 3.05) is 0 Å². The van der Waals surface area contributed by atoms with Crippen molar-refractivity contribution in [1.82, 2.24) is 14.5 Å². The molecule has 0 aliphatic carbocycles. The van der Waals surface area contributed by atoms with Crippen molar-refractivity contribution in [3.05, 3.63) is 188 Å². The zero-order chi connectivity index (χ0) is 36.7. The molecule has 3 nitrogen and oxygen atoms in total. The Morgan fingerprint density at radius 1 is 0.393 bits per heavy atom. The predicted octanol–water partition coefficient (Wildman–Crippen LogP) is 14.4. The van der Waals surface area contributed by atoms with Crippen LogP contribution in [0.4, 0.5) is 0 Å². The molecule has 0 amide bonds. The Kier molecular flexibility index (Phi) is 6.80. The second kappa shape index (κ2) is 12.2. The monoisotopic (exact) mass is 729 g/mol. The number of thiophene rings is 1. The highest BCUT2D eigenvalue weighted by Crippen LogP contribution is 2.52. The molecule has 0 fully saturated rings. The van der Waals surface area contributed by atoms with Gasteiger partial charge in [-0.3, -0.25) is 4.57 Å². The average Bonchev–Trinajstić information content (AvgIpc) is 3.84. The third-order valence-electron chi connectivity index (χ3n) is 11.4. The second-order valence-corrected chi connectivity index (χ2v) is 15.5. The average molecular weight is 730 g/mol. The van der Waals surface area contributed by atoms with Crippen molar-refractivity contribution < 1.29 is 0 Å². The van der Waals surface area contributed by atoms with Crippen LogP contribution in [0, 0.1) is 0 Å². The van der Waals surface area contributed by atoms with Crippen molar-refractivity contribution in [2.45, 2.75) is 0 Å². The van der Waals surface area contributed by atoms with Gasteiger partial charge in [0.2, 0.25) is 0 Å². The van der Waals surface area contributed by atoms with Crippen LogP contribution < -0.4 is 0 Å². The molecule has 0 radical (unpaired) electrons. The van der Waals surface area contributed by atoms with E-state index in [1.807, 2.05) is 17.4 Å². The first kappa shape index (κ1) is 31.2. The molecule has 0 bridgehead atoms. The molecule has 4 heteroatoms. The zero-order valence-electron chi connectivity index (χ0n) is 30.1. The van der Waals surface area contributed by atoms with Crippen LogP contribution in [0.1, 0.15) is 0 Å². The summed E-state index contributed by atoms with van der Waals surface area (Å²) in [6.07, 6.45) is 0. The van der Waals surface area contributed by atoms with E-state index in [0.717, 1.165) is 33.7 Å². The Morgan fingerprint density at radius 3 is 1.79 bits per heavy atom. The molecule has 0 N–H and O–H groups in total. The predicted molar refractivity (Wildman–Crippen MR) is 238 cm³/mol. The van der Waals surface area contributed by atoms with Gasteiger partial charge in [-0.25, -0.2) is 9.97 Å². The molecular formula is C52H31N3S. The lowest BCUT2D eigenvalue weighted by molar-refractivity contribution is 1.05. The molecule has 0 saturated carbocycles. The van der Waals surface area contributed by atoms with Crippen molar-refractivity contribution in [3.63, 3.8) is 0 Å². The topological polar surface area (TPSA) is 30.7 Å². The number of benzene rings is 9. The Morgan fingerprint density at radius 2 is 1.00 bits per heavy atom. The van der Waals surface area contributed by atoms with Crippen molar-refractivity contribution in [2.24, 2.45) is 0 Å². The van der Waals surface area contributed by atoms with E-state index in [-0.39, 0.29) is 0 Å². The number of hydrogen-bond acceptors (Lipinski definition) is 3. The summed E-state index contributed by atoms with van der Waals surface area (Å²) in [6, 6.07) is 67.6. The summed E-state index contributed by atoms with van der Waals surface area (Å²) >= 11 is 1.92. The van der Waals surface area contributed by atoms with Gasteiger partial charge in [-0.2, -0.15) is 0 Å². The molecule has 0 spiro atoms. The summed E-state index contributed by atoms with van der Waals surface area (Å²) in [7, 11) is 0. The van der Waals surface area contributed by atoms with Crippen molar-refractivity contribution in [1.29, 1.82) is 0 Å². The summed E-state index contributed by atoms with van der Waals surface area (Å²) in [6.45, 7) is 0. The maximum Gasteiger partial charge on any atom is 0.162 e. The van der Waals surface area contributed by atoms with E-state index in [1.54, 1.807) is 0 Å². The largest absolute Gasteiger partial charge is 0.293 e. The fraction of sp³-hybridized carbons (Fsp3) is 0. The Balaban J connectivity index is 1.33. The molecule has 0 aliphatic rings. The molecule has 0 unspecified atom stereocenters. The number of para-hydroxylation sites is 1. The Bertz CT molecular complexity index is 3460. The highest BCUT2D eigenvalue weighted by Gasteiger charge is 2.25. The smallest absolute Gasteiger partial charge is 0.162 e. The van der Waals surface area contributed by atoms with E-state index < -0.39 is 0 Å². The lowest BCUT2D eigenvalue weighted by atomic mass is 9.93. The normalized spacial score (nSPS) is 11.9. The lowest BCUT2D eigenvalue weighted by Gasteiger charge is -2.14. The molecule has 0 saturated heterocycles. The van der Waals surface area contributed by atoms with Gasteiger partial charge in [-0.15, -0.1) is 11.3 Å². The Labute approximate surface area is 326 Å². The molecule has 3 aromatic heterocycles. The SMILES string of the molecule is c1ccc(-c2cc(-n3c4ccccc4c4cc(-c5cccc6ccccc56)c5sc6c7ccccc7c7ccccc7c6c5c43)nc(-c3ccccc3)n2)cc1. The van der Waals surface area contributed by atoms with Crippen LogP contribution in [-0.4, -0.2) is 14.5 Å². The third kappa shape index (κ3) is 4.57. The van der Waals surface area contributed by atoms with Crippen LogP contribution in [0.2, 0.25) is 0 Å². The van der Waals surface area contributed by atoms with Crippen LogP contribution >= 0.6 is 11.3 Å². The van der Waals surface area contributed by atoms with Gasteiger partial charge in [0.25, 0.3) is 0 Å². The van der Waals surface area contributed by atoms with E-state index in [4.69, 9.17) is 9.97 Å². The van der Waals surface area contributed by atoms with Crippen molar-refractivity contribution >= 4 is 85.6 Å². The van der Waals surface area contributed by atoms with Gasteiger partial charge in [0, 0.05) is 59.1 Å². The molecular weight excluding hydrogens is 699 g/mol. The standard InChI is InChI=1S/C52H31N3S/c1-3-17-33(18-4-1)44-31-46(54-52(53-44)34-19-5-2-6-20-34)55-45-29-14-13-25-39(45)42-30-43(36-28-15-21-32-16-7-8-22-35(32)36)51-48(49(42)55)47-40-26-11-9-23-37(40)38-24-10-12-27-41(38)50(47)56-51/h1-31H. The van der Waals surface area contributed by atoms with Crippen LogP contribution in [-0.2, 0) is 0 Å². The van der Waals surface area contributed by atoms with E-state index in [1.165, 1.54) is 74.4 Å². The van der Waals surface area contributed by atoms with E-state index in [2.05, 4.69) is 187 Å². The van der Waals surface area contributed by atoms with Gasteiger partial charge in [-0.05, 0) is 44.6 Å². The first-order valence-corrected chi connectivity index (χ1v) is 19.8. The van der Waals surface area contributed by atoms with E-state index >= 15 is 0 Å². The second-order valence-electron chi connectivity index (χ2n) is 14.5. The van der Waals surface area contributed by atoms with Gasteiger partial charge >= 0.3 is 0 Å². The fourth-order valence-corrected chi connectivity index (χ4v) is 10.3. The number of fused-ring (bicyclic) bond motifs is 13. The molecule has 9 aromatic carbocycles. The quantitative estimate of drug-likeness (QED) is 0.169. The number of hydrogen-bond donors (Lipinski definition) is 0. The van der Waals surface area contributed by atoms with Crippen LogP contribution in [0.15, 0.2) is 188 Å². The summed E-state index contributed by atoms with van der Waals surface area (Å²) in [5, 5.41) is 12.5. The van der Waals surface area contributed by atoms with E-state index in [9.17, 15) is 0 Å². The van der Waals surface area contributed by atoms with E-state index in [0.29, 0.717) is 5.82 Å². The minimum atomic E-state index is 0.697. The maximum absolute atomic E-state index is 5.43. The third-order valence-corrected chi connectivity index (χ3v) is 12.6. The molecule has 0 aliphatic heterocycles. The van der Waals surface area contributed by atoms with Crippen LogP contribution in [0.5, 0.6) is 0 Å². The number of rotatable bonds is 4. The summed E-state index contributed by atoms with van der Waals surface area (Å²) < 4.78 is 4.99. The van der Waals surface area contributed by atoms with Gasteiger partial charge in [0.15, 0.2) is 5.82 Å². The van der Waals surface area contributed by atoms with Crippen LogP contribution in [0.3, 0.4) is 0 Å². The number of aromatic nitrogens is 3. The van der Waals surface area contributed by atoms with Gasteiger partial charge in [0.05, 0.1) is 16.7 Å². The summed E-state index contributed by atoms with van der Waals surface area (Å²) in [5.41, 5.74) is 7.68. The maximum atomic E-state index is 5.43. The highest BCUT2D eigenvalue weighted by atomic mass is 32.1. The summed E-state index contributed by atoms with van der Waals surface area (Å²) in [4.78, 5) is 10.6. The van der Waals surface area contributed by atoms with Crippen LogP contribution in [0.25, 0.3) is 114 Å². The minimum Gasteiger partial charge on any atom is -0.293 e. The fourth-order valence-electron chi connectivity index (χ4n) is 8.93. The Hall–Kier alpha value is -7.14. The van der Waals surface area contributed by atoms with Gasteiger partial charge in [0.1, 0.15) is 5.82 Å². The molecule has 3 heterocycles. The first-order chi connectivity index (χ1) is 27.8. The molecule has 56 heavy (non-hydrogen) atoms. The first-order valence-electron chi connectivity index (χ1n) is 19.0. The number of nitrogens with zero attached hydrogens (tertiary/aromatic N) is 3. The van der Waals surface area contributed by atoms with Crippen molar-refractivity contribution in [3.8, 4) is 39.6 Å². The van der Waals surface area contributed by atoms with Gasteiger partial charge < -0.3 is 0 Å². The molecule has 0 atom stereocenters. The molecule has 260 valence electrons. The lowest BCUT2D eigenvalue weighted by Crippen LogP contribution is -2.02. The molecule has 12 aromatic rings. The van der Waals surface area contributed by atoms with Gasteiger partial charge in [-0.1, -0.05) is 170 Å². The minimum absolute atomic E-state index is 0.697. The highest BCUT2D eigenvalue weighted by molar-refractivity contribution is 7.27.